The van der Waals surface area contributed by atoms with Gasteiger partial charge >= 0.3 is 0 Å². The molecular weight excluding hydrogens is 272 g/mol. The molecule has 0 saturated heterocycles. The predicted octanol–water partition coefficient (Wildman–Crippen LogP) is 0.815. The van der Waals surface area contributed by atoms with Gasteiger partial charge in [0.25, 0.3) is 0 Å². The molecule has 0 unspecified atom stereocenters. The smallest absolute Gasteiger partial charge is 0.248 e. The maximum atomic E-state index is 12.0. The Hall–Kier alpha value is -1.05. The van der Waals surface area contributed by atoms with Crippen LogP contribution < -0.4 is 10.5 Å². The fraction of sp³-hybridized carbons (Fsp3) is 0.364. The van der Waals surface area contributed by atoms with Crippen LogP contribution in [0.25, 0.3) is 0 Å². The van der Waals surface area contributed by atoms with Crippen molar-refractivity contribution in [3.63, 3.8) is 0 Å². The van der Waals surface area contributed by atoms with Crippen molar-refractivity contribution in [3.05, 3.63) is 29.8 Å². The Morgan fingerprint density at radius 1 is 1.50 bits per heavy atom. The van der Waals surface area contributed by atoms with E-state index in [1.54, 1.807) is 18.7 Å². The van der Waals surface area contributed by atoms with Crippen molar-refractivity contribution in [1.29, 1.82) is 0 Å². The van der Waals surface area contributed by atoms with Gasteiger partial charge in [-0.25, -0.2) is 13.1 Å². The van der Waals surface area contributed by atoms with Crippen LogP contribution in [0, 0.1) is 0 Å². The number of hydrogen-bond donors (Lipinski definition) is 2. The number of rotatable bonds is 6. The average molecular weight is 288 g/mol. The SMILES string of the molecule is CSC[C@@H](C)NS(=O)(=O)c1cccc(C(N)=O)c1. The van der Waals surface area contributed by atoms with E-state index in [2.05, 4.69) is 4.72 Å². The lowest BCUT2D eigenvalue weighted by Gasteiger charge is -2.13. The second kappa shape index (κ2) is 6.21. The highest BCUT2D eigenvalue weighted by atomic mass is 32.2. The standard InChI is InChI=1S/C11H16N2O3S2/c1-8(7-17-2)13-18(15,16)10-5-3-4-9(6-10)11(12)14/h3-6,8,13H,7H2,1-2H3,(H2,12,14)/t8-/m1/s1. The normalized spacial score (nSPS) is 13.2. The molecule has 3 N–H and O–H groups in total. The summed E-state index contributed by atoms with van der Waals surface area (Å²) in [5.74, 6) is 0.0265. The lowest BCUT2D eigenvalue weighted by Crippen LogP contribution is -2.34. The maximum Gasteiger partial charge on any atom is 0.248 e. The summed E-state index contributed by atoms with van der Waals surface area (Å²) in [4.78, 5) is 11.1. The molecular formula is C11H16N2O3S2. The van der Waals surface area contributed by atoms with Crippen molar-refractivity contribution in [2.75, 3.05) is 12.0 Å². The number of nitrogens with one attached hydrogen (secondary N) is 1. The highest BCUT2D eigenvalue weighted by molar-refractivity contribution is 7.98. The van der Waals surface area contributed by atoms with Gasteiger partial charge in [-0.15, -0.1) is 0 Å². The monoisotopic (exact) mass is 288 g/mol. The van der Waals surface area contributed by atoms with Crippen molar-refractivity contribution in [3.8, 4) is 0 Å². The van der Waals surface area contributed by atoms with E-state index in [-0.39, 0.29) is 16.5 Å². The molecule has 0 aromatic heterocycles. The molecule has 1 aromatic rings. The Morgan fingerprint density at radius 3 is 2.72 bits per heavy atom. The van der Waals surface area contributed by atoms with E-state index in [1.807, 2.05) is 6.26 Å². The third-order valence-corrected chi connectivity index (χ3v) is 4.62. The van der Waals surface area contributed by atoms with Crippen molar-refractivity contribution in [1.82, 2.24) is 4.72 Å². The fourth-order valence-electron chi connectivity index (χ4n) is 1.43. The molecule has 0 aliphatic heterocycles. The summed E-state index contributed by atoms with van der Waals surface area (Å²) >= 11 is 1.55. The third kappa shape index (κ3) is 4.01. The molecule has 5 nitrogen and oxygen atoms in total. The molecule has 1 amide bonds. The van der Waals surface area contributed by atoms with Crippen LogP contribution >= 0.6 is 11.8 Å². The van der Waals surface area contributed by atoms with Crippen LogP contribution in [-0.4, -0.2) is 32.4 Å². The van der Waals surface area contributed by atoms with Gasteiger partial charge in [0.1, 0.15) is 0 Å². The maximum absolute atomic E-state index is 12.0. The number of nitrogens with two attached hydrogens (primary N) is 1. The number of thioether (sulfide) groups is 1. The van der Waals surface area contributed by atoms with Crippen LogP contribution in [0.15, 0.2) is 29.2 Å². The van der Waals surface area contributed by atoms with Gasteiger partial charge in [-0.3, -0.25) is 4.79 Å². The largest absolute Gasteiger partial charge is 0.366 e. The first-order valence-electron chi connectivity index (χ1n) is 5.28. The Labute approximate surface area is 111 Å². The quantitative estimate of drug-likeness (QED) is 0.811. The Morgan fingerprint density at radius 2 is 2.17 bits per heavy atom. The zero-order chi connectivity index (χ0) is 13.8. The number of amides is 1. The Kier molecular flexibility index (Phi) is 5.18. The molecule has 100 valence electrons. The summed E-state index contributed by atoms with van der Waals surface area (Å²) in [6.07, 6.45) is 1.90. The van der Waals surface area contributed by atoms with E-state index in [1.165, 1.54) is 24.3 Å². The molecule has 0 fully saturated rings. The molecule has 0 saturated carbocycles. The van der Waals surface area contributed by atoms with Crippen molar-refractivity contribution in [2.45, 2.75) is 17.9 Å². The topological polar surface area (TPSA) is 89.3 Å². The highest BCUT2D eigenvalue weighted by Gasteiger charge is 2.18. The zero-order valence-electron chi connectivity index (χ0n) is 10.2. The summed E-state index contributed by atoms with van der Waals surface area (Å²) in [5.41, 5.74) is 5.29. The summed E-state index contributed by atoms with van der Waals surface area (Å²) < 4.78 is 26.6. The van der Waals surface area contributed by atoms with Crippen molar-refractivity contribution in [2.24, 2.45) is 5.73 Å². The second-order valence-electron chi connectivity index (χ2n) is 3.87. The van der Waals surface area contributed by atoms with Gasteiger partial charge in [0.2, 0.25) is 15.9 Å². The van der Waals surface area contributed by atoms with Gasteiger partial charge in [0.15, 0.2) is 0 Å². The first kappa shape index (κ1) is 15.0. The van der Waals surface area contributed by atoms with E-state index in [0.29, 0.717) is 5.75 Å². The molecule has 0 spiro atoms. The molecule has 18 heavy (non-hydrogen) atoms. The van der Waals surface area contributed by atoms with Crippen LogP contribution in [0.4, 0.5) is 0 Å². The minimum absolute atomic E-state index is 0.0479. The molecule has 1 rings (SSSR count). The second-order valence-corrected chi connectivity index (χ2v) is 6.49. The van der Waals surface area contributed by atoms with Crippen molar-refractivity contribution >= 4 is 27.7 Å². The molecule has 0 aliphatic rings. The van der Waals surface area contributed by atoms with Crippen LogP contribution in [0.2, 0.25) is 0 Å². The lowest BCUT2D eigenvalue weighted by molar-refractivity contribution is 0.1000. The molecule has 0 radical (unpaired) electrons. The average Bonchev–Trinajstić information content (AvgIpc) is 2.28. The van der Waals surface area contributed by atoms with E-state index in [4.69, 9.17) is 5.73 Å². The van der Waals surface area contributed by atoms with Crippen LogP contribution in [-0.2, 0) is 10.0 Å². The number of sulfonamides is 1. The van der Waals surface area contributed by atoms with Gasteiger partial charge in [0.05, 0.1) is 4.90 Å². The number of hydrogen-bond acceptors (Lipinski definition) is 4. The molecule has 7 heteroatoms. The minimum Gasteiger partial charge on any atom is -0.366 e. The number of carbonyl (C=O) groups excluding carboxylic acids is 1. The summed E-state index contributed by atoms with van der Waals surface area (Å²) in [7, 11) is -3.61. The predicted molar refractivity (Wildman–Crippen MR) is 73.1 cm³/mol. The summed E-state index contributed by atoms with van der Waals surface area (Å²) in [6, 6.07) is 5.50. The Bertz CT molecular complexity index is 529. The van der Waals surface area contributed by atoms with Crippen LogP contribution in [0.1, 0.15) is 17.3 Å². The molecule has 1 aromatic carbocycles. The van der Waals surface area contributed by atoms with Gasteiger partial charge in [0, 0.05) is 17.4 Å². The first-order chi connectivity index (χ1) is 8.36. The number of benzene rings is 1. The summed E-state index contributed by atoms with van der Waals surface area (Å²) in [5, 5.41) is 0. The van der Waals surface area contributed by atoms with Crippen LogP contribution in [0.3, 0.4) is 0 Å². The van der Waals surface area contributed by atoms with E-state index in [9.17, 15) is 13.2 Å². The van der Waals surface area contributed by atoms with E-state index >= 15 is 0 Å². The van der Waals surface area contributed by atoms with E-state index in [0.717, 1.165) is 0 Å². The summed E-state index contributed by atoms with van der Waals surface area (Å²) in [6.45, 7) is 1.78. The van der Waals surface area contributed by atoms with Crippen molar-refractivity contribution < 1.29 is 13.2 Å². The van der Waals surface area contributed by atoms with Gasteiger partial charge in [-0.05, 0) is 31.4 Å². The lowest BCUT2D eigenvalue weighted by atomic mass is 10.2. The first-order valence-corrected chi connectivity index (χ1v) is 8.15. The fourth-order valence-corrected chi connectivity index (χ4v) is 3.41. The van der Waals surface area contributed by atoms with Gasteiger partial charge in [-0.2, -0.15) is 11.8 Å². The van der Waals surface area contributed by atoms with E-state index < -0.39 is 15.9 Å². The minimum atomic E-state index is -3.61. The molecule has 0 heterocycles. The molecule has 0 bridgehead atoms. The number of carbonyl (C=O) groups is 1. The number of primary amides is 1. The Balaban J connectivity index is 2.98. The van der Waals surface area contributed by atoms with Crippen LogP contribution in [0.5, 0.6) is 0 Å². The zero-order valence-corrected chi connectivity index (χ0v) is 11.8. The van der Waals surface area contributed by atoms with Gasteiger partial charge in [-0.1, -0.05) is 6.07 Å². The third-order valence-electron chi connectivity index (χ3n) is 2.20. The molecule has 0 aliphatic carbocycles. The highest BCUT2D eigenvalue weighted by Crippen LogP contribution is 2.12. The molecule has 1 atom stereocenters. The van der Waals surface area contributed by atoms with Gasteiger partial charge < -0.3 is 5.73 Å².